The van der Waals surface area contributed by atoms with Crippen LogP contribution in [0.1, 0.15) is 12.8 Å². The molecule has 3 N–H and O–H groups in total. The van der Waals surface area contributed by atoms with Crippen molar-refractivity contribution >= 4 is 11.9 Å². The SMILES string of the molecule is O=C(O)C=CC=C(CCCO)C(=O)O. The molecule has 0 amide bonds. The zero-order chi connectivity index (χ0) is 11.0. The van der Waals surface area contributed by atoms with Gasteiger partial charge in [0.25, 0.3) is 0 Å². The van der Waals surface area contributed by atoms with Gasteiger partial charge in [0.15, 0.2) is 0 Å². The van der Waals surface area contributed by atoms with Crippen LogP contribution >= 0.6 is 0 Å². The van der Waals surface area contributed by atoms with Crippen LogP contribution in [0, 0.1) is 0 Å². The van der Waals surface area contributed by atoms with Gasteiger partial charge in [-0.15, -0.1) is 0 Å². The Labute approximate surface area is 81.0 Å². The molecule has 0 aliphatic rings. The number of aliphatic hydroxyl groups is 1. The average Bonchev–Trinajstić information content (AvgIpc) is 2.09. The monoisotopic (exact) mass is 200 g/mol. The van der Waals surface area contributed by atoms with Crippen molar-refractivity contribution in [2.45, 2.75) is 12.8 Å². The molecular formula is C9H12O5. The number of carboxylic acids is 2. The standard InChI is InChI=1S/C9H12O5/c10-6-2-4-7(9(13)14)3-1-5-8(11)12/h1,3,5,10H,2,4,6H2,(H,11,12)(H,13,14). The van der Waals surface area contributed by atoms with E-state index in [4.69, 9.17) is 15.3 Å². The van der Waals surface area contributed by atoms with E-state index in [2.05, 4.69) is 0 Å². The summed E-state index contributed by atoms with van der Waals surface area (Å²) in [5.41, 5.74) is 0.0801. The van der Waals surface area contributed by atoms with Gasteiger partial charge in [0.1, 0.15) is 0 Å². The van der Waals surface area contributed by atoms with E-state index in [-0.39, 0.29) is 18.6 Å². The molecule has 5 heteroatoms. The van der Waals surface area contributed by atoms with Crippen LogP contribution in [0.3, 0.4) is 0 Å². The molecule has 0 aliphatic carbocycles. The Morgan fingerprint density at radius 1 is 1.21 bits per heavy atom. The van der Waals surface area contributed by atoms with Crippen LogP contribution in [0.5, 0.6) is 0 Å². The maximum atomic E-state index is 10.5. The molecule has 0 heterocycles. The van der Waals surface area contributed by atoms with Gasteiger partial charge >= 0.3 is 11.9 Å². The first kappa shape index (κ1) is 12.4. The van der Waals surface area contributed by atoms with Gasteiger partial charge < -0.3 is 15.3 Å². The molecular weight excluding hydrogens is 188 g/mol. The second kappa shape index (κ2) is 6.85. The van der Waals surface area contributed by atoms with Gasteiger partial charge in [0.2, 0.25) is 0 Å². The van der Waals surface area contributed by atoms with Crippen LogP contribution in [0.25, 0.3) is 0 Å². The van der Waals surface area contributed by atoms with Crippen molar-refractivity contribution in [1.82, 2.24) is 0 Å². The third-order valence-corrected chi connectivity index (χ3v) is 1.42. The van der Waals surface area contributed by atoms with Crippen molar-refractivity contribution in [2.24, 2.45) is 0 Å². The molecule has 0 aromatic carbocycles. The first-order valence-corrected chi connectivity index (χ1v) is 4.02. The molecule has 0 unspecified atom stereocenters. The summed E-state index contributed by atoms with van der Waals surface area (Å²) >= 11 is 0. The van der Waals surface area contributed by atoms with Crippen LogP contribution in [-0.2, 0) is 9.59 Å². The first-order valence-electron chi connectivity index (χ1n) is 4.02. The summed E-state index contributed by atoms with van der Waals surface area (Å²) in [7, 11) is 0. The largest absolute Gasteiger partial charge is 0.478 e. The first-order chi connectivity index (χ1) is 6.57. The summed E-state index contributed by atoms with van der Waals surface area (Å²) < 4.78 is 0. The van der Waals surface area contributed by atoms with Gasteiger partial charge in [0, 0.05) is 18.3 Å². The van der Waals surface area contributed by atoms with Crippen molar-refractivity contribution in [3.05, 3.63) is 23.8 Å². The number of hydrogen-bond acceptors (Lipinski definition) is 3. The Balaban J connectivity index is 4.33. The van der Waals surface area contributed by atoms with E-state index < -0.39 is 11.9 Å². The molecule has 14 heavy (non-hydrogen) atoms. The van der Waals surface area contributed by atoms with Gasteiger partial charge in [-0.25, -0.2) is 9.59 Å². The summed E-state index contributed by atoms with van der Waals surface area (Å²) in [5.74, 6) is -2.23. The Hall–Kier alpha value is -1.62. The summed E-state index contributed by atoms with van der Waals surface area (Å²) in [6.07, 6.45) is 3.78. The highest BCUT2D eigenvalue weighted by molar-refractivity contribution is 5.87. The van der Waals surface area contributed by atoms with Gasteiger partial charge in [0.05, 0.1) is 0 Å². The molecule has 0 rings (SSSR count). The molecule has 0 bridgehead atoms. The van der Waals surface area contributed by atoms with Crippen molar-refractivity contribution in [3.63, 3.8) is 0 Å². The summed E-state index contributed by atoms with van der Waals surface area (Å²) in [6, 6.07) is 0. The molecule has 0 spiro atoms. The molecule has 5 nitrogen and oxygen atoms in total. The lowest BCUT2D eigenvalue weighted by molar-refractivity contribution is -0.133. The van der Waals surface area contributed by atoms with Gasteiger partial charge in [-0.05, 0) is 12.8 Å². The van der Waals surface area contributed by atoms with Crippen LogP contribution in [0.4, 0.5) is 0 Å². The smallest absolute Gasteiger partial charge is 0.331 e. The van der Waals surface area contributed by atoms with Crippen molar-refractivity contribution in [1.29, 1.82) is 0 Å². The Morgan fingerprint density at radius 2 is 1.86 bits per heavy atom. The second-order valence-corrected chi connectivity index (χ2v) is 2.52. The fourth-order valence-electron chi connectivity index (χ4n) is 0.778. The fraction of sp³-hybridized carbons (Fsp3) is 0.333. The highest BCUT2D eigenvalue weighted by Crippen LogP contribution is 2.04. The average molecular weight is 200 g/mol. The normalized spacial score (nSPS) is 11.9. The number of aliphatic carboxylic acids is 2. The lowest BCUT2D eigenvalue weighted by Gasteiger charge is -1.97. The van der Waals surface area contributed by atoms with Gasteiger partial charge in [-0.2, -0.15) is 0 Å². The van der Waals surface area contributed by atoms with E-state index in [9.17, 15) is 9.59 Å². The van der Waals surface area contributed by atoms with Gasteiger partial charge in [-0.3, -0.25) is 0 Å². The Bertz CT molecular complexity index is 264. The van der Waals surface area contributed by atoms with Crippen LogP contribution in [0.15, 0.2) is 23.8 Å². The zero-order valence-electron chi connectivity index (χ0n) is 7.51. The minimum Gasteiger partial charge on any atom is -0.478 e. The highest BCUT2D eigenvalue weighted by atomic mass is 16.4. The Kier molecular flexibility index (Phi) is 6.06. The summed E-state index contributed by atoms with van der Waals surface area (Å²) in [5, 5.41) is 25.3. The van der Waals surface area contributed by atoms with Crippen LogP contribution in [-0.4, -0.2) is 33.9 Å². The number of allylic oxidation sites excluding steroid dienone is 2. The highest BCUT2D eigenvalue weighted by Gasteiger charge is 2.04. The minimum atomic E-state index is -1.13. The zero-order valence-corrected chi connectivity index (χ0v) is 7.51. The molecule has 0 saturated carbocycles. The van der Waals surface area contributed by atoms with E-state index >= 15 is 0 Å². The number of carbonyl (C=O) groups is 2. The minimum absolute atomic E-state index is 0.0801. The quantitative estimate of drug-likeness (QED) is 0.426. The summed E-state index contributed by atoms with van der Waals surface area (Å²) in [6.45, 7) is -0.0900. The molecule has 0 fully saturated rings. The fourth-order valence-corrected chi connectivity index (χ4v) is 0.778. The molecule has 0 aromatic rings. The van der Waals surface area contributed by atoms with E-state index in [1.54, 1.807) is 0 Å². The lowest BCUT2D eigenvalue weighted by Crippen LogP contribution is -2.01. The maximum absolute atomic E-state index is 10.5. The topological polar surface area (TPSA) is 94.8 Å². The molecule has 78 valence electrons. The third kappa shape index (κ3) is 5.96. The van der Waals surface area contributed by atoms with Crippen LogP contribution in [0.2, 0.25) is 0 Å². The Morgan fingerprint density at radius 3 is 2.29 bits per heavy atom. The second-order valence-electron chi connectivity index (χ2n) is 2.52. The number of carboxylic acid groups (broad SMARTS) is 2. The third-order valence-electron chi connectivity index (χ3n) is 1.42. The molecule has 0 radical (unpaired) electrons. The molecule has 0 atom stereocenters. The lowest BCUT2D eigenvalue weighted by atomic mass is 10.1. The van der Waals surface area contributed by atoms with E-state index in [1.807, 2.05) is 0 Å². The van der Waals surface area contributed by atoms with Crippen molar-refractivity contribution in [3.8, 4) is 0 Å². The van der Waals surface area contributed by atoms with Gasteiger partial charge in [-0.1, -0.05) is 12.2 Å². The summed E-state index contributed by atoms with van der Waals surface area (Å²) in [4.78, 5) is 20.6. The predicted molar refractivity (Wildman–Crippen MR) is 48.8 cm³/mol. The van der Waals surface area contributed by atoms with E-state index in [1.165, 1.54) is 6.08 Å². The van der Waals surface area contributed by atoms with Crippen molar-refractivity contribution < 1.29 is 24.9 Å². The predicted octanol–water partition coefficient (Wildman–Crippen LogP) is 0.411. The number of aliphatic hydroxyl groups excluding tert-OH is 1. The maximum Gasteiger partial charge on any atom is 0.331 e. The molecule has 0 aliphatic heterocycles. The van der Waals surface area contributed by atoms with E-state index in [0.717, 1.165) is 12.2 Å². The van der Waals surface area contributed by atoms with E-state index in [0.29, 0.717) is 6.42 Å². The molecule has 0 aromatic heterocycles. The number of rotatable bonds is 6. The van der Waals surface area contributed by atoms with Crippen molar-refractivity contribution in [2.75, 3.05) is 6.61 Å². The molecule has 0 saturated heterocycles. The van der Waals surface area contributed by atoms with Crippen LogP contribution < -0.4 is 0 Å². The number of hydrogen-bond donors (Lipinski definition) is 3.